The van der Waals surface area contributed by atoms with E-state index in [9.17, 15) is 14.7 Å². The van der Waals surface area contributed by atoms with Crippen LogP contribution in [0.5, 0.6) is 0 Å². The SMILES string of the molecule is CCC(O)(c1ccccc1)c1cc(Cl)ccc1NC=C1C(=O)OC(C)(C)OC1=O. The summed E-state index contributed by atoms with van der Waals surface area (Å²) in [5.41, 5.74) is 0.0837. The third-order valence-corrected chi connectivity index (χ3v) is 4.91. The van der Waals surface area contributed by atoms with Crippen LogP contribution >= 0.6 is 11.6 Å². The van der Waals surface area contributed by atoms with E-state index in [1.807, 2.05) is 37.3 Å². The van der Waals surface area contributed by atoms with E-state index in [2.05, 4.69) is 5.32 Å². The summed E-state index contributed by atoms with van der Waals surface area (Å²) in [7, 11) is 0. The van der Waals surface area contributed by atoms with Crippen LogP contribution < -0.4 is 5.32 Å². The summed E-state index contributed by atoms with van der Waals surface area (Å²) in [5, 5.41) is 14.8. The molecule has 1 fully saturated rings. The van der Waals surface area contributed by atoms with E-state index < -0.39 is 23.3 Å². The zero-order valence-corrected chi connectivity index (χ0v) is 17.1. The van der Waals surface area contributed by atoms with Gasteiger partial charge in [-0.3, -0.25) is 0 Å². The number of anilines is 1. The lowest BCUT2D eigenvalue weighted by atomic mass is 9.83. The topological polar surface area (TPSA) is 84.9 Å². The van der Waals surface area contributed by atoms with Gasteiger partial charge in [0.1, 0.15) is 5.60 Å². The van der Waals surface area contributed by atoms with Crippen LogP contribution in [-0.4, -0.2) is 22.8 Å². The van der Waals surface area contributed by atoms with Gasteiger partial charge in [-0.05, 0) is 30.2 Å². The molecule has 0 amide bonds. The van der Waals surface area contributed by atoms with Crippen molar-refractivity contribution in [3.8, 4) is 0 Å². The van der Waals surface area contributed by atoms with Gasteiger partial charge in [0, 0.05) is 36.3 Å². The van der Waals surface area contributed by atoms with E-state index >= 15 is 0 Å². The lowest BCUT2D eigenvalue weighted by Crippen LogP contribution is -2.42. The minimum absolute atomic E-state index is 0.273. The molecule has 2 aromatic rings. The van der Waals surface area contributed by atoms with E-state index in [0.29, 0.717) is 28.3 Å². The largest absolute Gasteiger partial charge is 0.419 e. The summed E-state index contributed by atoms with van der Waals surface area (Å²) < 4.78 is 10.2. The number of hydrogen-bond donors (Lipinski definition) is 2. The Balaban J connectivity index is 2.00. The fourth-order valence-electron chi connectivity index (χ4n) is 3.18. The van der Waals surface area contributed by atoms with Gasteiger partial charge >= 0.3 is 11.9 Å². The van der Waals surface area contributed by atoms with Gasteiger partial charge in [-0.1, -0.05) is 48.9 Å². The Hall–Kier alpha value is -2.83. The average molecular weight is 416 g/mol. The Morgan fingerprint density at radius 3 is 2.31 bits per heavy atom. The number of rotatable bonds is 5. The first-order valence-electron chi connectivity index (χ1n) is 9.17. The van der Waals surface area contributed by atoms with Crippen LogP contribution in [0.4, 0.5) is 5.69 Å². The van der Waals surface area contributed by atoms with Crippen molar-refractivity contribution in [2.24, 2.45) is 0 Å². The van der Waals surface area contributed by atoms with Crippen LogP contribution in [0.25, 0.3) is 0 Å². The van der Waals surface area contributed by atoms with Crippen molar-refractivity contribution in [1.29, 1.82) is 0 Å². The molecular formula is C22H22ClNO5. The molecule has 2 aromatic carbocycles. The first kappa shape index (κ1) is 20.9. The van der Waals surface area contributed by atoms with Crippen molar-refractivity contribution in [1.82, 2.24) is 0 Å². The summed E-state index contributed by atoms with van der Waals surface area (Å²) in [6.45, 7) is 4.81. The van der Waals surface area contributed by atoms with Crippen molar-refractivity contribution in [2.45, 2.75) is 38.6 Å². The number of carbonyl (C=O) groups excluding carboxylic acids is 2. The summed E-state index contributed by atoms with van der Waals surface area (Å²) in [6.07, 6.45) is 1.59. The highest BCUT2D eigenvalue weighted by Crippen LogP contribution is 2.38. The maximum absolute atomic E-state index is 12.2. The minimum Gasteiger partial charge on any atom is -0.419 e. The number of hydrogen-bond acceptors (Lipinski definition) is 6. The molecule has 2 N–H and O–H groups in total. The summed E-state index contributed by atoms with van der Waals surface area (Å²) >= 11 is 6.19. The molecule has 0 bridgehead atoms. The average Bonchev–Trinajstić information content (AvgIpc) is 2.67. The van der Waals surface area contributed by atoms with E-state index in [-0.39, 0.29) is 5.57 Å². The fourth-order valence-corrected chi connectivity index (χ4v) is 3.35. The molecule has 0 aliphatic carbocycles. The predicted molar refractivity (Wildman–Crippen MR) is 109 cm³/mol. The van der Waals surface area contributed by atoms with Crippen LogP contribution in [0.15, 0.2) is 60.3 Å². The van der Waals surface area contributed by atoms with Crippen LogP contribution in [0, 0.1) is 0 Å². The van der Waals surface area contributed by atoms with Crippen molar-refractivity contribution in [3.05, 3.63) is 76.5 Å². The van der Waals surface area contributed by atoms with Crippen molar-refractivity contribution in [2.75, 3.05) is 5.32 Å². The lowest BCUT2D eigenvalue weighted by Gasteiger charge is -2.31. The van der Waals surface area contributed by atoms with Crippen LogP contribution in [0.1, 0.15) is 38.3 Å². The number of benzene rings is 2. The van der Waals surface area contributed by atoms with Gasteiger partial charge < -0.3 is 19.9 Å². The molecule has 3 rings (SSSR count). The molecule has 0 saturated carbocycles. The molecule has 0 spiro atoms. The first-order chi connectivity index (χ1) is 13.7. The molecule has 1 aliphatic rings. The Morgan fingerprint density at radius 1 is 1.10 bits per heavy atom. The summed E-state index contributed by atoms with van der Waals surface area (Å²) in [6, 6.07) is 14.2. The second kappa shape index (κ2) is 7.89. The molecule has 0 radical (unpaired) electrons. The number of aliphatic hydroxyl groups is 1. The first-order valence-corrected chi connectivity index (χ1v) is 9.55. The zero-order valence-electron chi connectivity index (χ0n) is 16.4. The predicted octanol–water partition coefficient (Wildman–Crippen LogP) is 4.12. The van der Waals surface area contributed by atoms with Gasteiger partial charge in [0.15, 0.2) is 5.57 Å². The van der Waals surface area contributed by atoms with Gasteiger partial charge in [-0.25, -0.2) is 9.59 Å². The van der Waals surface area contributed by atoms with E-state index in [4.69, 9.17) is 21.1 Å². The van der Waals surface area contributed by atoms with E-state index in [0.717, 1.165) is 0 Å². The van der Waals surface area contributed by atoms with Crippen LogP contribution in [0.3, 0.4) is 0 Å². The molecule has 1 atom stereocenters. The second-order valence-corrected chi connectivity index (χ2v) is 7.59. The molecule has 1 unspecified atom stereocenters. The van der Waals surface area contributed by atoms with Crippen molar-refractivity contribution in [3.63, 3.8) is 0 Å². The normalized spacial score (nSPS) is 17.8. The van der Waals surface area contributed by atoms with Crippen LogP contribution in [-0.2, 0) is 24.7 Å². The lowest BCUT2D eigenvalue weighted by molar-refractivity contribution is -0.222. The Morgan fingerprint density at radius 2 is 1.72 bits per heavy atom. The highest BCUT2D eigenvalue weighted by molar-refractivity contribution is 6.30. The van der Waals surface area contributed by atoms with E-state index in [1.54, 1.807) is 18.2 Å². The quantitative estimate of drug-likeness (QED) is 0.434. The van der Waals surface area contributed by atoms with Gasteiger partial charge in [-0.15, -0.1) is 0 Å². The van der Waals surface area contributed by atoms with Gasteiger partial charge in [-0.2, -0.15) is 0 Å². The minimum atomic E-state index is -1.33. The molecule has 6 nitrogen and oxygen atoms in total. The van der Waals surface area contributed by atoms with E-state index in [1.165, 1.54) is 20.0 Å². The number of carbonyl (C=O) groups is 2. The standard InChI is InChI=1S/C22H22ClNO5/c1-4-22(27,14-8-6-5-7-9-14)17-12-15(23)10-11-18(17)24-13-16-19(25)28-21(2,3)29-20(16)26/h5-13,24,27H,4H2,1-3H3. The molecular weight excluding hydrogens is 394 g/mol. The maximum Gasteiger partial charge on any atom is 0.350 e. The molecule has 7 heteroatoms. The smallest absolute Gasteiger partial charge is 0.350 e. The summed E-state index contributed by atoms with van der Waals surface area (Å²) in [4.78, 5) is 24.3. The Labute approximate surface area is 174 Å². The number of esters is 2. The molecule has 0 aromatic heterocycles. The van der Waals surface area contributed by atoms with Gasteiger partial charge in [0.25, 0.3) is 5.79 Å². The zero-order chi connectivity index (χ0) is 21.2. The molecule has 29 heavy (non-hydrogen) atoms. The second-order valence-electron chi connectivity index (χ2n) is 7.15. The molecule has 1 aliphatic heterocycles. The van der Waals surface area contributed by atoms with Crippen molar-refractivity contribution < 1.29 is 24.2 Å². The molecule has 1 saturated heterocycles. The third-order valence-electron chi connectivity index (χ3n) is 4.68. The Kier molecular flexibility index (Phi) is 5.68. The molecule has 1 heterocycles. The Bertz CT molecular complexity index is 948. The maximum atomic E-state index is 12.2. The summed E-state index contributed by atoms with van der Waals surface area (Å²) in [5.74, 6) is -2.89. The monoisotopic (exact) mass is 415 g/mol. The van der Waals surface area contributed by atoms with Crippen LogP contribution in [0.2, 0.25) is 5.02 Å². The number of halogens is 1. The molecule has 152 valence electrons. The van der Waals surface area contributed by atoms with Gasteiger partial charge in [0.2, 0.25) is 0 Å². The number of nitrogens with one attached hydrogen (secondary N) is 1. The van der Waals surface area contributed by atoms with Crippen molar-refractivity contribution >= 4 is 29.2 Å². The number of ether oxygens (including phenoxy) is 2. The third kappa shape index (κ3) is 4.28. The highest BCUT2D eigenvalue weighted by Gasteiger charge is 2.39. The highest BCUT2D eigenvalue weighted by atomic mass is 35.5. The number of cyclic esters (lactones) is 2. The van der Waals surface area contributed by atoms with Gasteiger partial charge in [0.05, 0.1) is 0 Å². The fraction of sp³-hybridized carbons (Fsp3) is 0.273.